The number of allylic oxidation sites excluding steroid dienone is 1. The molecule has 1 aromatic heterocycles. The molecule has 7 heteroatoms. The molecule has 0 bridgehead atoms. The fourth-order valence-corrected chi connectivity index (χ4v) is 3.36. The summed E-state index contributed by atoms with van der Waals surface area (Å²) in [7, 11) is 3.28. The minimum atomic E-state index is -0.169. The van der Waals surface area contributed by atoms with Crippen molar-refractivity contribution in [1.29, 1.82) is 0 Å². The molecule has 0 radical (unpaired) electrons. The average Bonchev–Trinajstić information content (AvgIpc) is 3.15. The Morgan fingerprint density at radius 3 is 2.62 bits per heavy atom. The number of rotatable bonds is 4. The molecule has 0 amide bonds. The first-order valence-electron chi connectivity index (χ1n) is 8.06. The summed E-state index contributed by atoms with van der Waals surface area (Å²) in [5.41, 5.74) is 2.98. The van der Waals surface area contributed by atoms with Gasteiger partial charge in [-0.1, -0.05) is 40.2 Å². The third kappa shape index (κ3) is 2.84. The third-order valence-corrected chi connectivity index (χ3v) is 4.84. The van der Waals surface area contributed by atoms with Crippen LogP contribution < -0.4 is 14.8 Å². The molecule has 2 aromatic carbocycles. The number of para-hydroxylation sites is 1. The zero-order valence-corrected chi connectivity index (χ0v) is 15.9. The van der Waals surface area contributed by atoms with E-state index in [-0.39, 0.29) is 6.04 Å². The first kappa shape index (κ1) is 16.7. The highest BCUT2D eigenvalue weighted by Crippen LogP contribution is 2.40. The zero-order chi connectivity index (χ0) is 18.1. The van der Waals surface area contributed by atoms with Gasteiger partial charge in [-0.25, -0.2) is 4.68 Å². The number of methoxy groups -OCH3 is 2. The highest BCUT2D eigenvalue weighted by molar-refractivity contribution is 9.10. The van der Waals surface area contributed by atoms with E-state index in [9.17, 15) is 0 Å². The summed E-state index contributed by atoms with van der Waals surface area (Å²) in [5, 5.41) is 7.72. The van der Waals surface area contributed by atoms with Crippen molar-refractivity contribution < 1.29 is 9.47 Å². The van der Waals surface area contributed by atoms with E-state index in [1.165, 1.54) is 0 Å². The van der Waals surface area contributed by atoms with Crippen LogP contribution in [-0.4, -0.2) is 29.0 Å². The smallest absolute Gasteiger partial charge is 0.226 e. The molecular weight excluding hydrogens is 396 g/mol. The normalized spacial score (nSPS) is 15.7. The van der Waals surface area contributed by atoms with Crippen molar-refractivity contribution in [2.45, 2.75) is 6.04 Å². The lowest BCUT2D eigenvalue weighted by Gasteiger charge is -2.26. The molecular formula is C19H17BrN4O2. The lowest BCUT2D eigenvalue weighted by Crippen LogP contribution is -2.20. The van der Waals surface area contributed by atoms with E-state index in [1.807, 2.05) is 35.0 Å². The number of fused-ring (bicyclic) bond motifs is 1. The van der Waals surface area contributed by atoms with Crippen molar-refractivity contribution in [2.75, 3.05) is 19.5 Å². The van der Waals surface area contributed by atoms with Crippen LogP contribution in [0.5, 0.6) is 11.5 Å². The van der Waals surface area contributed by atoms with Gasteiger partial charge in [-0.3, -0.25) is 0 Å². The zero-order valence-electron chi connectivity index (χ0n) is 14.3. The molecule has 26 heavy (non-hydrogen) atoms. The van der Waals surface area contributed by atoms with Crippen LogP contribution in [0, 0.1) is 0 Å². The second-order valence-electron chi connectivity index (χ2n) is 5.77. The van der Waals surface area contributed by atoms with Gasteiger partial charge in [0.05, 0.1) is 14.2 Å². The Hall–Kier alpha value is -2.80. The number of hydrogen-bond acceptors (Lipinski definition) is 5. The van der Waals surface area contributed by atoms with Gasteiger partial charge >= 0.3 is 0 Å². The Morgan fingerprint density at radius 2 is 1.88 bits per heavy atom. The Balaban J connectivity index is 1.85. The van der Waals surface area contributed by atoms with Crippen LogP contribution >= 0.6 is 15.9 Å². The molecule has 3 aromatic rings. The summed E-state index contributed by atoms with van der Waals surface area (Å²) in [5.74, 6) is 2.05. The maximum Gasteiger partial charge on any atom is 0.226 e. The average molecular weight is 413 g/mol. The van der Waals surface area contributed by atoms with E-state index in [4.69, 9.17) is 9.47 Å². The van der Waals surface area contributed by atoms with Crippen molar-refractivity contribution in [3.63, 3.8) is 0 Å². The summed E-state index contributed by atoms with van der Waals surface area (Å²) < 4.78 is 13.9. The van der Waals surface area contributed by atoms with Crippen LogP contribution in [-0.2, 0) is 0 Å². The SMILES string of the molecule is COc1cccc([C@@H]2C=C(c3ccc(Br)cc3)Nc3ncnn32)c1OC. The summed E-state index contributed by atoms with van der Waals surface area (Å²) >= 11 is 3.48. The Morgan fingerprint density at radius 1 is 1.08 bits per heavy atom. The standard InChI is InChI=1S/C19H17BrN4O2/c1-25-17-5-3-4-14(18(17)26-2)16-10-15(12-6-8-13(20)9-7-12)23-19-21-11-22-24(16)19/h3-11,16H,1-2H3,(H,21,22,23)/t16-/m0/s1. The van der Waals surface area contributed by atoms with Gasteiger partial charge in [0, 0.05) is 15.7 Å². The number of nitrogens with one attached hydrogen (secondary N) is 1. The molecule has 0 saturated heterocycles. The number of aromatic nitrogens is 3. The number of ether oxygens (including phenoxy) is 2. The van der Waals surface area contributed by atoms with E-state index in [0.29, 0.717) is 17.4 Å². The Labute approximate surface area is 159 Å². The van der Waals surface area contributed by atoms with Crippen LogP contribution in [0.25, 0.3) is 5.70 Å². The molecule has 0 fully saturated rings. The summed E-state index contributed by atoms with van der Waals surface area (Å²) in [6.45, 7) is 0. The van der Waals surface area contributed by atoms with Gasteiger partial charge in [-0.2, -0.15) is 10.1 Å². The number of anilines is 1. The molecule has 0 spiro atoms. The summed E-state index contributed by atoms with van der Waals surface area (Å²) in [6, 6.07) is 13.8. The van der Waals surface area contributed by atoms with Gasteiger partial charge in [0.2, 0.25) is 5.95 Å². The van der Waals surface area contributed by atoms with Crippen LogP contribution in [0.1, 0.15) is 17.2 Å². The lowest BCUT2D eigenvalue weighted by atomic mass is 10.0. The molecule has 0 unspecified atom stereocenters. The van der Waals surface area contributed by atoms with E-state index < -0.39 is 0 Å². The van der Waals surface area contributed by atoms with Crippen molar-refractivity contribution in [1.82, 2.24) is 14.8 Å². The quantitative estimate of drug-likeness (QED) is 0.698. The third-order valence-electron chi connectivity index (χ3n) is 4.31. The summed E-state index contributed by atoms with van der Waals surface area (Å²) in [6.07, 6.45) is 3.66. The highest BCUT2D eigenvalue weighted by atomic mass is 79.9. The number of halogens is 1. The Kier molecular flexibility index (Phi) is 4.38. The number of benzene rings is 2. The largest absolute Gasteiger partial charge is 0.493 e. The van der Waals surface area contributed by atoms with Gasteiger partial charge in [-0.15, -0.1) is 0 Å². The maximum absolute atomic E-state index is 5.63. The molecule has 1 aliphatic heterocycles. The van der Waals surface area contributed by atoms with Gasteiger partial charge in [0.1, 0.15) is 12.4 Å². The molecule has 2 heterocycles. The van der Waals surface area contributed by atoms with Gasteiger partial charge in [-0.05, 0) is 29.8 Å². The molecule has 4 rings (SSSR count). The van der Waals surface area contributed by atoms with Gasteiger partial charge in [0.25, 0.3) is 0 Å². The maximum atomic E-state index is 5.63. The first-order valence-corrected chi connectivity index (χ1v) is 8.85. The molecule has 1 aliphatic rings. The van der Waals surface area contributed by atoms with Crippen molar-refractivity contribution >= 4 is 27.6 Å². The van der Waals surface area contributed by atoms with E-state index in [0.717, 1.165) is 21.3 Å². The second-order valence-corrected chi connectivity index (χ2v) is 6.68. The molecule has 0 aliphatic carbocycles. The first-order chi connectivity index (χ1) is 12.7. The monoisotopic (exact) mass is 412 g/mol. The van der Waals surface area contributed by atoms with E-state index >= 15 is 0 Å². The molecule has 1 atom stereocenters. The highest BCUT2D eigenvalue weighted by Gasteiger charge is 2.27. The predicted octanol–water partition coefficient (Wildman–Crippen LogP) is 4.11. The van der Waals surface area contributed by atoms with E-state index in [1.54, 1.807) is 20.5 Å². The number of hydrogen-bond donors (Lipinski definition) is 1. The molecule has 6 nitrogen and oxygen atoms in total. The van der Waals surface area contributed by atoms with Crippen LogP contribution in [0.4, 0.5) is 5.95 Å². The van der Waals surface area contributed by atoms with Crippen LogP contribution in [0.2, 0.25) is 0 Å². The van der Waals surface area contributed by atoms with Crippen LogP contribution in [0.15, 0.2) is 59.3 Å². The molecule has 0 saturated carbocycles. The minimum Gasteiger partial charge on any atom is -0.493 e. The van der Waals surface area contributed by atoms with Gasteiger partial charge in [0.15, 0.2) is 11.5 Å². The Bertz CT molecular complexity index is 966. The fourth-order valence-electron chi connectivity index (χ4n) is 3.10. The van der Waals surface area contributed by atoms with Crippen LogP contribution in [0.3, 0.4) is 0 Å². The van der Waals surface area contributed by atoms with Gasteiger partial charge < -0.3 is 14.8 Å². The lowest BCUT2D eigenvalue weighted by molar-refractivity contribution is 0.349. The van der Waals surface area contributed by atoms with Crippen molar-refractivity contribution in [3.8, 4) is 11.5 Å². The minimum absolute atomic E-state index is 0.169. The second kappa shape index (κ2) is 6.84. The van der Waals surface area contributed by atoms with Crippen molar-refractivity contribution in [3.05, 3.63) is 70.5 Å². The molecule has 132 valence electrons. The van der Waals surface area contributed by atoms with E-state index in [2.05, 4.69) is 49.5 Å². The molecule has 1 N–H and O–H groups in total. The van der Waals surface area contributed by atoms with Crippen molar-refractivity contribution in [2.24, 2.45) is 0 Å². The predicted molar refractivity (Wildman–Crippen MR) is 103 cm³/mol. The fraction of sp³-hybridized carbons (Fsp3) is 0.158. The number of nitrogens with zero attached hydrogens (tertiary/aromatic N) is 3. The summed E-state index contributed by atoms with van der Waals surface area (Å²) in [4.78, 5) is 4.34. The topological polar surface area (TPSA) is 61.2 Å².